The molecule has 0 radical (unpaired) electrons. The van der Waals surface area contributed by atoms with Crippen molar-refractivity contribution < 1.29 is 19.1 Å². The molecule has 2 N–H and O–H groups in total. The van der Waals surface area contributed by atoms with E-state index in [1.807, 2.05) is 19.9 Å². The number of carbonyl (C=O) groups excluding carboxylic acids is 2. The van der Waals surface area contributed by atoms with Gasteiger partial charge in [0.05, 0.1) is 24.5 Å². The van der Waals surface area contributed by atoms with Gasteiger partial charge in [0.2, 0.25) is 0 Å². The lowest BCUT2D eigenvalue weighted by molar-refractivity contribution is 0.0963. The highest BCUT2D eigenvalue weighted by Crippen LogP contribution is 2.29. The number of unbranched alkanes of at least 4 members (excludes halogenated alkanes) is 1. The molecule has 2 aromatic carbocycles. The number of nitrogens with one attached hydrogen (secondary N) is 2. The Bertz CT molecular complexity index is 833. The van der Waals surface area contributed by atoms with E-state index in [1.54, 1.807) is 37.4 Å². The van der Waals surface area contributed by atoms with Crippen LogP contribution < -0.4 is 20.1 Å². The van der Waals surface area contributed by atoms with Crippen LogP contribution in [0.5, 0.6) is 11.5 Å². The predicted molar refractivity (Wildman–Crippen MR) is 111 cm³/mol. The highest BCUT2D eigenvalue weighted by molar-refractivity contribution is 6.09. The summed E-state index contributed by atoms with van der Waals surface area (Å²) in [7, 11) is 1.56. The van der Waals surface area contributed by atoms with E-state index in [0.717, 1.165) is 18.4 Å². The monoisotopic (exact) mass is 384 g/mol. The third-order valence-corrected chi connectivity index (χ3v) is 4.24. The molecule has 0 saturated heterocycles. The third-order valence-electron chi connectivity index (χ3n) is 4.24. The van der Waals surface area contributed by atoms with Gasteiger partial charge in [-0.25, -0.2) is 0 Å². The van der Waals surface area contributed by atoms with Gasteiger partial charge in [-0.05, 0) is 50.1 Å². The summed E-state index contributed by atoms with van der Waals surface area (Å²) in [5, 5.41) is 5.43. The number of aryl methyl sites for hydroxylation is 1. The molecule has 0 unspecified atom stereocenters. The van der Waals surface area contributed by atoms with Crippen molar-refractivity contribution in [3.05, 3.63) is 53.1 Å². The average molecular weight is 384 g/mol. The van der Waals surface area contributed by atoms with Gasteiger partial charge in [0.1, 0.15) is 0 Å². The van der Waals surface area contributed by atoms with E-state index >= 15 is 0 Å². The summed E-state index contributed by atoms with van der Waals surface area (Å²) >= 11 is 0. The van der Waals surface area contributed by atoms with Crippen molar-refractivity contribution in [1.82, 2.24) is 5.32 Å². The van der Waals surface area contributed by atoms with E-state index in [1.165, 1.54) is 0 Å². The minimum atomic E-state index is -0.322. The topological polar surface area (TPSA) is 76.7 Å². The quantitative estimate of drug-likeness (QED) is 0.636. The van der Waals surface area contributed by atoms with Crippen molar-refractivity contribution in [2.75, 3.05) is 25.6 Å². The standard InChI is InChI=1S/C22H28N2O4/c1-5-7-13-28-18-12-11-16(14-19(18)27-6-2)21(25)24-17-10-8-9-15(3)20(17)22(26)23-4/h8-12,14H,5-7,13H2,1-4H3,(H,23,26)(H,24,25). The lowest BCUT2D eigenvalue weighted by atomic mass is 10.1. The number of rotatable bonds is 9. The summed E-state index contributed by atoms with van der Waals surface area (Å²) in [4.78, 5) is 25.0. The van der Waals surface area contributed by atoms with Gasteiger partial charge in [-0.2, -0.15) is 0 Å². The summed E-state index contributed by atoms with van der Waals surface area (Å²) in [6, 6.07) is 10.4. The number of ether oxygens (including phenoxy) is 2. The molecule has 0 aliphatic heterocycles. The summed E-state index contributed by atoms with van der Waals surface area (Å²) in [5.41, 5.74) is 2.12. The molecule has 150 valence electrons. The van der Waals surface area contributed by atoms with Gasteiger partial charge in [-0.3, -0.25) is 9.59 Å². The zero-order valence-electron chi connectivity index (χ0n) is 16.9. The second kappa shape index (κ2) is 10.3. The van der Waals surface area contributed by atoms with Crippen LogP contribution in [0.25, 0.3) is 0 Å². The van der Waals surface area contributed by atoms with Crippen molar-refractivity contribution in [2.45, 2.75) is 33.6 Å². The number of hydrogen-bond donors (Lipinski definition) is 2. The molecule has 0 atom stereocenters. The van der Waals surface area contributed by atoms with Gasteiger partial charge in [0.25, 0.3) is 11.8 Å². The van der Waals surface area contributed by atoms with Crippen molar-refractivity contribution in [1.29, 1.82) is 0 Å². The molecule has 28 heavy (non-hydrogen) atoms. The lowest BCUT2D eigenvalue weighted by Crippen LogP contribution is -2.22. The van der Waals surface area contributed by atoms with Crippen LogP contribution >= 0.6 is 0 Å². The highest BCUT2D eigenvalue weighted by atomic mass is 16.5. The van der Waals surface area contributed by atoms with Gasteiger partial charge in [-0.1, -0.05) is 25.5 Å². The summed E-state index contributed by atoms with van der Waals surface area (Å²) < 4.78 is 11.4. The highest BCUT2D eigenvalue weighted by Gasteiger charge is 2.17. The fourth-order valence-electron chi connectivity index (χ4n) is 2.76. The van der Waals surface area contributed by atoms with Crippen LogP contribution in [0.1, 0.15) is 53.0 Å². The van der Waals surface area contributed by atoms with Crippen LogP contribution in [-0.4, -0.2) is 32.1 Å². The number of benzene rings is 2. The van der Waals surface area contributed by atoms with Gasteiger partial charge in [-0.15, -0.1) is 0 Å². The second-order valence-electron chi connectivity index (χ2n) is 6.33. The van der Waals surface area contributed by atoms with Crippen molar-refractivity contribution in [3.8, 4) is 11.5 Å². The molecule has 0 aliphatic carbocycles. The van der Waals surface area contributed by atoms with E-state index in [-0.39, 0.29) is 11.8 Å². The van der Waals surface area contributed by atoms with Crippen molar-refractivity contribution in [2.24, 2.45) is 0 Å². The van der Waals surface area contributed by atoms with E-state index in [4.69, 9.17) is 9.47 Å². The molecule has 6 nitrogen and oxygen atoms in total. The van der Waals surface area contributed by atoms with Crippen molar-refractivity contribution >= 4 is 17.5 Å². The average Bonchev–Trinajstić information content (AvgIpc) is 2.69. The first-order chi connectivity index (χ1) is 13.5. The first-order valence-corrected chi connectivity index (χ1v) is 9.54. The Morgan fingerprint density at radius 3 is 2.46 bits per heavy atom. The minimum Gasteiger partial charge on any atom is -0.490 e. The SMILES string of the molecule is CCCCOc1ccc(C(=O)Nc2cccc(C)c2C(=O)NC)cc1OCC. The summed E-state index contributed by atoms with van der Waals surface area (Å²) in [6.45, 7) is 6.87. The minimum absolute atomic E-state index is 0.247. The Morgan fingerprint density at radius 1 is 1.00 bits per heavy atom. The first-order valence-electron chi connectivity index (χ1n) is 9.54. The predicted octanol–water partition coefficient (Wildman–Crippen LogP) is 4.18. The molecule has 0 fully saturated rings. The third kappa shape index (κ3) is 5.25. The molecule has 0 saturated carbocycles. The van der Waals surface area contributed by atoms with Crippen LogP contribution in [0.15, 0.2) is 36.4 Å². The molecule has 0 bridgehead atoms. The Hall–Kier alpha value is -3.02. The molecule has 0 spiro atoms. The zero-order chi connectivity index (χ0) is 20.5. The van der Waals surface area contributed by atoms with Crippen molar-refractivity contribution in [3.63, 3.8) is 0 Å². The van der Waals surface area contributed by atoms with Crippen LogP contribution in [0.3, 0.4) is 0 Å². The smallest absolute Gasteiger partial charge is 0.255 e. The molecular weight excluding hydrogens is 356 g/mol. The van der Waals surface area contributed by atoms with E-state index in [9.17, 15) is 9.59 Å². The lowest BCUT2D eigenvalue weighted by Gasteiger charge is -2.15. The first kappa shape index (κ1) is 21.3. The number of hydrogen-bond acceptors (Lipinski definition) is 4. The maximum atomic E-state index is 12.8. The Kier molecular flexibility index (Phi) is 7.87. The summed E-state index contributed by atoms with van der Waals surface area (Å²) in [5.74, 6) is 0.579. The van der Waals surface area contributed by atoms with Crippen LogP contribution in [0.4, 0.5) is 5.69 Å². The van der Waals surface area contributed by atoms with E-state index in [0.29, 0.717) is 41.5 Å². The second-order valence-corrected chi connectivity index (χ2v) is 6.33. The molecular formula is C22H28N2O4. The van der Waals surface area contributed by atoms with E-state index < -0.39 is 0 Å². The molecule has 2 amide bonds. The normalized spacial score (nSPS) is 10.3. The van der Waals surface area contributed by atoms with Gasteiger partial charge >= 0.3 is 0 Å². The Balaban J connectivity index is 2.26. The molecule has 6 heteroatoms. The fraction of sp³-hybridized carbons (Fsp3) is 0.364. The Labute approximate surface area is 166 Å². The van der Waals surface area contributed by atoms with Crippen LogP contribution in [-0.2, 0) is 0 Å². The number of anilines is 1. The van der Waals surface area contributed by atoms with E-state index in [2.05, 4.69) is 17.6 Å². The number of amides is 2. The molecule has 0 heterocycles. The molecule has 0 aliphatic rings. The molecule has 2 rings (SSSR count). The summed E-state index contributed by atoms with van der Waals surface area (Å²) in [6.07, 6.45) is 1.98. The van der Waals surface area contributed by atoms with Crippen LogP contribution in [0.2, 0.25) is 0 Å². The molecule has 2 aromatic rings. The van der Waals surface area contributed by atoms with Gasteiger partial charge in [0.15, 0.2) is 11.5 Å². The zero-order valence-corrected chi connectivity index (χ0v) is 16.9. The maximum absolute atomic E-state index is 12.8. The van der Waals surface area contributed by atoms with Gasteiger partial charge < -0.3 is 20.1 Å². The van der Waals surface area contributed by atoms with Gasteiger partial charge in [0, 0.05) is 12.6 Å². The fourth-order valence-corrected chi connectivity index (χ4v) is 2.76. The molecule has 0 aromatic heterocycles. The Morgan fingerprint density at radius 2 is 1.79 bits per heavy atom. The maximum Gasteiger partial charge on any atom is 0.255 e. The number of carbonyl (C=O) groups is 2. The largest absolute Gasteiger partial charge is 0.490 e. The van der Waals surface area contributed by atoms with Crippen LogP contribution in [0, 0.1) is 6.92 Å².